The lowest BCUT2D eigenvalue weighted by Crippen LogP contribution is -2.36. The summed E-state index contributed by atoms with van der Waals surface area (Å²) in [6.07, 6.45) is 4.36. The van der Waals surface area contributed by atoms with E-state index in [4.69, 9.17) is 5.26 Å². The van der Waals surface area contributed by atoms with Crippen LogP contribution in [0.2, 0.25) is 0 Å². The molecule has 3 aliphatic carbocycles. The van der Waals surface area contributed by atoms with Gasteiger partial charge in [-0.15, -0.1) is 0 Å². The molecule has 4 atom stereocenters. The van der Waals surface area contributed by atoms with E-state index < -0.39 is 0 Å². The van der Waals surface area contributed by atoms with Crippen LogP contribution in [-0.4, -0.2) is 11.9 Å². The Morgan fingerprint density at radius 2 is 2.10 bits per heavy atom. The van der Waals surface area contributed by atoms with Crippen molar-refractivity contribution in [3.8, 4) is 6.07 Å². The standard InChI is InChI=1S/C17H18N2O/c18-9-14(11-5-6-11)19-17(20)16-13-8-7-10-3-1-2-4-12(10)15(13)16/h1-4,11,13-16H,5-8H2,(H,19,20). The van der Waals surface area contributed by atoms with Crippen LogP contribution in [0.25, 0.3) is 0 Å². The molecular formula is C17H18N2O. The third-order valence-electron chi connectivity index (χ3n) is 5.16. The zero-order valence-electron chi connectivity index (χ0n) is 11.4. The van der Waals surface area contributed by atoms with Crippen molar-refractivity contribution in [2.45, 2.75) is 37.6 Å². The van der Waals surface area contributed by atoms with Gasteiger partial charge in [0, 0.05) is 5.92 Å². The van der Waals surface area contributed by atoms with E-state index in [0.29, 0.717) is 17.8 Å². The third-order valence-corrected chi connectivity index (χ3v) is 5.16. The maximum Gasteiger partial charge on any atom is 0.225 e. The van der Waals surface area contributed by atoms with E-state index in [1.54, 1.807) is 0 Å². The van der Waals surface area contributed by atoms with Gasteiger partial charge in [0.2, 0.25) is 5.91 Å². The number of nitrogens with one attached hydrogen (secondary N) is 1. The summed E-state index contributed by atoms with van der Waals surface area (Å²) < 4.78 is 0. The molecule has 0 heterocycles. The molecule has 3 heteroatoms. The molecule has 2 fully saturated rings. The highest BCUT2D eigenvalue weighted by Crippen LogP contribution is 2.59. The number of nitrogens with zero attached hydrogens (tertiary/aromatic N) is 1. The second-order valence-electron chi connectivity index (χ2n) is 6.41. The summed E-state index contributed by atoms with van der Waals surface area (Å²) in [5.74, 6) is 1.52. The molecule has 0 radical (unpaired) electrons. The lowest BCUT2D eigenvalue weighted by molar-refractivity contribution is -0.123. The molecule has 3 aliphatic rings. The van der Waals surface area contributed by atoms with Crippen LogP contribution in [-0.2, 0) is 11.2 Å². The van der Waals surface area contributed by atoms with Crippen LogP contribution < -0.4 is 5.32 Å². The van der Waals surface area contributed by atoms with Gasteiger partial charge in [-0.25, -0.2) is 0 Å². The molecule has 0 spiro atoms. The first kappa shape index (κ1) is 12.0. The molecule has 4 unspecified atom stereocenters. The van der Waals surface area contributed by atoms with E-state index in [0.717, 1.165) is 25.7 Å². The molecule has 3 nitrogen and oxygen atoms in total. The predicted octanol–water partition coefficient (Wildman–Crippen LogP) is 2.38. The van der Waals surface area contributed by atoms with Gasteiger partial charge in [0.15, 0.2) is 0 Å². The minimum Gasteiger partial charge on any atom is -0.340 e. The highest BCUT2D eigenvalue weighted by molar-refractivity contribution is 5.84. The van der Waals surface area contributed by atoms with Crippen molar-refractivity contribution < 1.29 is 4.79 Å². The Hall–Kier alpha value is -1.82. The number of carbonyl (C=O) groups is 1. The Morgan fingerprint density at radius 3 is 2.85 bits per heavy atom. The number of carbonyl (C=O) groups excluding carboxylic acids is 1. The van der Waals surface area contributed by atoms with Gasteiger partial charge < -0.3 is 5.32 Å². The van der Waals surface area contributed by atoms with Gasteiger partial charge in [-0.05, 0) is 54.6 Å². The SMILES string of the molecule is N#CC(NC(=O)C1C2CCc3ccccc3C21)C1CC1. The molecule has 1 N–H and O–H groups in total. The first-order valence-electron chi connectivity index (χ1n) is 7.57. The van der Waals surface area contributed by atoms with Gasteiger partial charge in [-0.3, -0.25) is 4.79 Å². The summed E-state index contributed by atoms with van der Waals surface area (Å²) >= 11 is 0. The van der Waals surface area contributed by atoms with Crippen LogP contribution in [0.3, 0.4) is 0 Å². The summed E-state index contributed by atoms with van der Waals surface area (Å²) in [4.78, 5) is 12.4. The minimum absolute atomic E-state index is 0.105. The smallest absolute Gasteiger partial charge is 0.225 e. The molecule has 0 saturated heterocycles. The van der Waals surface area contributed by atoms with Crippen molar-refractivity contribution in [3.05, 3.63) is 35.4 Å². The van der Waals surface area contributed by atoms with Gasteiger partial charge in [0.05, 0.1) is 6.07 Å². The van der Waals surface area contributed by atoms with Crippen molar-refractivity contribution in [3.63, 3.8) is 0 Å². The molecule has 0 bridgehead atoms. The second kappa shape index (κ2) is 4.34. The Morgan fingerprint density at radius 1 is 1.30 bits per heavy atom. The highest BCUT2D eigenvalue weighted by Gasteiger charge is 2.57. The van der Waals surface area contributed by atoms with Crippen molar-refractivity contribution >= 4 is 5.91 Å². The van der Waals surface area contributed by atoms with E-state index in [-0.39, 0.29) is 17.9 Å². The van der Waals surface area contributed by atoms with Gasteiger partial charge in [-0.2, -0.15) is 5.26 Å². The number of rotatable bonds is 3. The largest absolute Gasteiger partial charge is 0.340 e. The number of hydrogen-bond donors (Lipinski definition) is 1. The van der Waals surface area contributed by atoms with Crippen LogP contribution >= 0.6 is 0 Å². The summed E-state index contributed by atoms with van der Waals surface area (Å²) in [7, 11) is 0. The number of benzene rings is 1. The van der Waals surface area contributed by atoms with Crippen molar-refractivity contribution in [1.29, 1.82) is 5.26 Å². The van der Waals surface area contributed by atoms with Gasteiger partial charge in [0.25, 0.3) is 0 Å². The van der Waals surface area contributed by atoms with Crippen LogP contribution in [0.5, 0.6) is 0 Å². The number of aryl methyl sites for hydroxylation is 1. The fraction of sp³-hybridized carbons (Fsp3) is 0.529. The molecular weight excluding hydrogens is 248 g/mol. The molecule has 102 valence electrons. The molecule has 1 aromatic carbocycles. The summed E-state index contributed by atoms with van der Waals surface area (Å²) in [6, 6.07) is 10.5. The topological polar surface area (TPSA) is 52.9 Å². The molecule has 20 heavy (non-hydrogen) atoms. The normalized spacial score (nSPS) is 31.4. The monoisotopic (exact) mass is 266 g/mol. The molecule has 0 aliphatic heterocycles. The Kier molecular flexibility index (Phi) is 2.60. The van der Waals surface area contributed by atoms with Gasteiger partial charge in [-0.1, -0.05) is 24.3 Å². The van der Waals surface area contributed by atoms with E-state index in [9.17, 15) is 4.79 Å². The molecule has 0 aromatic heterocycles. The number of fused-ring (bicyclic) bond motifs is 3. The van der Waals surface area contributed by atoms with E-state index in [2.05, 4.69) is 35.7 Å². The second-order valence-corrected chi connectivity index (χ2v) is 6.41. The first-order chi connectivity index (χ1) is 9.79. The number of amides is 1. The number of hydrogen-bond acceptors (Lipinski definition) is 2. The fourth-order valence-corrected chi connectivity index (χ4v) is 3.86. The lowest BCUT2D eigenvalue weighted by Gasteiger charge is -2.13. The number of nitriles is 1. The maximum atomic E-state index is 12.4. The minimum atomic E-state index is -0.264. The van der Waals surface area contributed by atoms with Crippen molar-refractivity contribution in [1.82, 2.24) is 5.32 Å². The Balaban J connectivity index is 1.49. The zero-order valence-corrected chi connectivity index (χ0v) is 11.4. The molecule has 2 saturated carbocycles. The summed E-state index contributed by atoms with van der Waals surface area (Å²) in [5.41, 5.74) is 2.77. The van der Waals surface area contributed by atoms with Crippen LogP contribution in [0, 0.1) is 29.1 Å². The average molecular weight is 266 g/mol. The Labute approximate surface area is 119 Å². The van der Waals surface area contributed by atoms with Crippen LogP contribution in [0.15, 0.2) is 24.3 Å². The maximum absolute atomic E-state index is 12.4. The molecule has 1 amide bonds. The fourth-order valence-electron chi connectivity index (χ4n) is 3.86. The van der Waals surface area contributed by atoms with E-state index in [1.165, 1.54) is 11.1 Å². The quantitative estimate of drug-likeness (QED) is 0.913. The average Bonchev–Trinajstić information content (AvgIpc) is 3.37. The van der Waals surface area contributed by atoms with Crippen molar-refractivity contribution in [2.75, 3.05) is 0 Å². The summed E-state index contributed by atoms with van der Waals surface area (Å²) in [6.45, 7) is 0. The lowest BCUT2D eigenvalue weighted by atomic mass is 9.92. The Bertz CT molecular complexity index is 599. The van der Waals surface area contributed by atoms with Crippen LogP contribution in [0.1, 0.15) is 36.3 Å². The van der Waals surface area contributed by atoms with Crippen molar-refractivity contribution in [2.24, 2.45) is 17.8 Å². The van der Waals surface area contributed by atoms with Gasteiger partial charge in [0.1, 0.15) is 6.04 Å². The highest BCUT2D eigenvalue weighted by atomic mass is 16.2. The third kappa shape index (κ3) is 1.83. The molecule has 1 aromatic rings. The van der Waals surface area contributed by atoms with E-state index in [1.807, 2.05) is 0 Å². The van der Waals surface area contributed by atoms with Gasteiger partial charge >= 0.3 is 0 Å². The van der Waals surface area contributed by atoms with Crippen LogP contribution in [0.4, 0.5) is 0 Å². The summed E-state index contributed by atoms with van der Waals surface area (Å²) in [5, 5.41) is 12.1. The predicted molar refractivity (Wildman–Crippen MR) is 74.8 cm³/mol. The first-order valence-corrected chi connectivity index (χ1v) is 7.57. The van der Waals surface area contributed by atoms with E-state index >= 15 is 0 Å². The molecule has 4 rings (SSSR count). The zero-order chi connectivity index (χ0) is 13.7.